The lowest BCUT2D eigenvalue weighted by Crippen LogP contribution is -2.23. The third kappa shape index (κ3) is 4.05. The normalized spacial score (nSPS) is 17.1. The molecule has 1 saturated heterocycles. The zero-order valence-electron chi connectivity index (χ0n) is 19.7. The fraction of sp³-hybridized carbons (Fsp3) is 0.440. The number of fused-ring (bicyclic) bond motifs is 3. The Labute approximate surface area is 192 Å². The van der Waals surface area contributed by atoms with Crippen LogP contribution < -0.4 is 5.69 Å². The van der Waals surface area contributed by atoms with Crippen molar-refractivity contribution in [3.63, 3.8) is 0 Å². The number of hydrogen-bond donors (Lipinski definition) is 0. The van der Waals surface area contributed by atoms with Gasteiger partial charge in [0.1, 0.15) is 5.52 Å². The number of aromatic nitrogens is 5. The van der Waals surface area contributed by atoms with Crippen molar-refractivity contribution in [2.45, 2.75) is 32.9 Å². The van der Waals surface area contributed by atoms with E-state index in [2.05, 4.69) is 39.3 Å². The second kappa shape index (κ2) is 8.68. The van der Waals surface area contributed by atoms with Crippen LogP contribution in [-0.2, 0) is 18.4 Å². The molecule has 8 nitrogen and oxygen atoms in total. The summed E-state index contributed by atoms with van der Waals surface area (Å²) in [7, 11) is 3.90. The molecule has 1 aliphatic rings. The topological polar surface area (TPSA) is 78.1 Å². The number of imidazole rings is 1. The summed E-state index contributed by atoms with van der Waals surface area (Å²) in [4.78, 5) is 19.8. The molecule has 0 radical (unpaired) electrons. The third-order valence-electron chi connectivity index (χ3n) is 6.53. The van der Waals surface area contributed by atoms with Crippen LogP contribution in [-0.4, -0.2) is 56.0 Å². The van der Waals surface area contributed by atoms with Crippen molar-refractivity contribution in [1.82, 2.24) is 29.2 Å². The van der Waals surface area contributed by atoms with E-state index in [4.69, 9.17) is 4.74 Å². The zero-order valence-corrected chi connectivity index (χ0v) is 19.7. The predicted octanol–water partition coefficient (Wildman–Crippen LogP) is 3.39. The fourth-order valence-electron chi connectivity index (χ4n) is 4.73. The number of benzene rings is 1. The summed E-state index contributed by atoms with van der Waals surface area (Å²) >= 11 is 0. The first-order valence-electron chi connectivity index (χ1n) is 11.5. The Morgan fingerprint density at radius 3 is 2.64 bits per heavy atom. The average Bonchev–Trinajstić information content (AvgIpc) is 3.34. The first-order valence-corrected chi connectivity index (χ1v) is 11.5. The monoisotopic (exact) mass is 446 g/mol. The number of hydrogen-bond acceptors (Lipinski definition) is 6. The standard InChI is InChI=1S/C25H30N6O2/c1-16(2)31-23-21-11-18(6-8-22(21)27-28-24(23)30(4)25(31)32)19-5-7-20(26-12-19)15-33-14-17-9-10-29(3)13-17/h5-8,11-12,16-17H,9-10,13-15H2,1-4H3. The summed E-state index contributed by atoms with van der Waals surface area (Å²) in [5, 5.41) is 9.57. The van der Waals surface area contributed by atoms with E-state index in [9.17, 15) is 4.79 Å². The van der Waals surface area contributed by atoms with E-state index >= 15 is 0 Å². The Balaban J connectivity index is 1.42. The van der Waals surface area contributed by atoms with E-state index in [-0.39, 0.29) is 11.7 Å². The van der Waals surface area contributed by atoms with Crippen molar-refractivity contribution in [2.75, 3.05) is 26.7 Å². The molecule has 4 aromatic rings. The van der Waals surface area contributed by atoms with Gasteiger partial charge in [-0.2, -0.15) is 0 Å². The molecule has 0 spiro atoms. The fourth-order valence-corrected chi connectivity index (χ4v) is 4.73. The van der Waals surface area contributed by atoms with Gasteiger partial charge in [-0.25, -0.2) is 4.79 Å². The number of nitrogens with zero attached hydrogens (tertiary/aromatic N) is 6. The highest BCUT2D eigenvalue weighted by Gasteiger charge is 2.20. The maximum Gasteiger partial charge on any atom is 0.330 e. The minimum absolute atomic E-state index is 0.0165. The maximum absolute atomic E-state index is 12.8. The van der Waals surface area contributed by atoms with Crippen LogP contribution in [0, 0.1) is 5.92 Å². The first kappa shape index (κ1) is 21.7. The molecule has 0 N–H and O–H groups in total. The molecule has 1 unspecified atom stereocenters. The summed E-state index contributed by atoms with van der Waals surface area (Å²) in [5.74, 6) is 0.619. The Morgan fingerprint density at radius 1 is 1.12 bits per heavy atom. The second-order valence-electron chi connectivity index (χ2n) is 9.38. The Hall–Kier alpha value is -3.10. The number of ether oxygens (including phenoxy) is 1. The van der Waals surface area contributed by atoms with Gasteiger partial charge in [0, 0.05) is 36.8 Å². The number of pyridine rings is 1. The van der Waals surface area contributed by atoms with Gasteiger partial charge >= 0.3 is 5.69 Å². The van der Waals surface area contributed by atoms with Gasteiger partial charge in [-0.15, -0.1) is 10.2 Å². The molecular formula is C25H30N6O2. The Kier molecular flexibility index (Phi) is 5.72. The van der Waals surface area contributed by atoms with Gasteiger partial charge in [0.15, 0.2) is 5.65 Å². The predicted molar refractivity (Wildman–Crippen MR) is 129 cm³/mol. The van der Waals surface area contributed by atoms with Crippen molar-refractivity contribution in [3.8, 4) is 11.1 Å². The molecular weight excluding hydrogens is 416 g/mol. The van der Waals surface area contributed by atoms with Gasteiger partial charge in [-0.1, -0.05) is 12.1 Å². The van der Waals surface area contributed by atoms with Gasteiger partial charge in [-0.3, -0.25) is 14.1 Å². The van der Waals surface area contributed by atoms with Crippen LogP contribution in [0.1, 0.15) is 32.0 Å². The third-order valence-corrected chi connectivity index (χ3v) is 6.53. The number of rotatable bonds is 6. The highest BCUT2D eigenvalue weighted by atomic mass is 16.5. The van der Waals surface area contributed by atoms with Gasteiger partial charge in [0.25, 0.3) is 0 Å². The molecule has 1 fully saturated rings. The molecule has 0 amide bonds. The highest BCUT2D eigenvalue weighted by molar-refractivity contribution is 6.02. The van der Waals surface area contributed by atoms with Crippen molar-refractivity contribution in [3.05, 3.63) is 52.7 Å². The van der Waals surface area contributed by atoms with Gasteiger partial charge < -0.3 is 9.64 Å². The zero-order chi connectivity index (χ0) is 23.1. The van der Waals surface area contributed by atoms with Crippen molar-refractivity contribution >= 4 is 22.1 Å². The van der Waals surface area contributed by atoms with Crippen molar-refractivity contribution < 1.29 is 4.74 Å². The molecule has 0 saturated carbocycles. The van der Waals surface area contributed by atoms with E-state index in [1.165, 1.54) is 6.42 Å². The van der Waals surface area contributed by atoms with Crippen LogP contribution in [0.5, 0.6) is 0 Å². The Bertz CT molecular complexity index is 1360. The molecule has 1 aliphatic heterocycles. The number of aryl methyl sites for hydroxylation is 1. The summed E-state index contributed by atoms with van der Waals surface area (Å²) < 4.78 is 9.27. The molecule has 1 atom stereocenters. The summed E-state index contributed by atoms with van der Waals surface area (Å²) in [6.07, 6.45) is 3.09. The Morgan fingerprint density at radius 2 is 1.94 bits per heavy atom. The van der Waals surface area contributed by atoms with E-state index in [0.29, 0.717) is 18.2 Å². The minimum Gasteiger partial charge on any atom is -0.375 e. The quantitative estimate of drug-likeness (QED) is 0.452. The summed E-state index contributed by atoms with van der Waals surface area (Å²) in [6.45, 7) is 7.58. The lowest BCUT2D eigenvalue weighted by Gasteiger charge is -2.11. The average molecular weight is 447 g/mol. The SMILES string of the molecule is CC(C)n1c(=O)n(C)c2nnc3ccc(-c4ccc(COCC5CCN(C)C5)nc4)cc3c21. The van der Waals surface area contributed by atoms with E-state index in [0.717, 1.165) is 52.9 Å². The van der Waals surface area contributed by atoms with E-state index in [1.54, 1.807) is 16.2 Å². The first-order chi connectivity index (χ1) is 15.9. The van der Waals surface area contributed by atoms with Gasteiger partial charge in [0.05, 0.1) is 24.4 Å². The molecule has 0 bridgehead atoms. The number of likely N-dealkylation sites (tertiary alicyclic amines) is 1. The van der Waals surface area contributed by atoms with Crippen LogP contribution in [0.25, 0.3) is 33.2 Å². The lowest BCUT2D eigenvalue weighted by molar-refractivity contribution is 0.0876. The van der Waals surface area contributed by atoms with Crippen LogP contribution in [0.15, 0.2) is 41.3 Å². The van der Waals surface area contributed by atoms with Crippen LogP contribution in [0.2, 0.25) is 0 Å². The minimum atomic E-state index is -0.0810. The molecule has 5 rings (SSSR count). The largest absolute Gasteiger partial charge is 0.375 e. The summed E-state index contributed by atoms with van der Waals surface area (Å²) in [5.41, 5.74) is 5.06. The van der Waals surface area contributed by atoms with E-state index < -0.39 is 0 Å². The van der Waals surface area contributed by atoms with Crippen LogP contribution in [0.4, 0.5) is 0 Å². The molecule has 3 aromatic heterocycles. The molecule has 0 aliphatic carbocycles. The lowest BCUT2D eigenvalue weighted by atomic mass is 10.0. The molecule has 1 aromatic carbocycles. The molecule has 33 heavy (non-hydrogen) atoms. The molecule has 8 heteroatoms. The van der Waals surface area contributed by atoms with E-state index in [1.807, 2.05) is 38.2 Å². The van der Waals surface area contributed by atoms with Crippen LogP contribution >= 0.6 is 0 Å². The van der Waals surface area contributed by atoms with Crippen molar-refractivity contribution in [1.29, 1.82) is 0 Å². The highest BCUT2D eigenvalue weighted by Crippen LogP contribution is 2.28. The molecule has 172 valence electrons. The smallest absolute Gasteiger partial charge is 0.330 e. The van der Waals surface area contributed by atoms with Crippen LogP contribution in [0.3, 0.4) is 0 Å². The van der Waals surface area contributed by atoms with Gasteiger partial charge in [-0.05, 0) is 63.5 Å². The second-order valence-corrected chi connectivity index (χ2v) is 9.38. The van der Waals surface area contributed by atoms with Gasteiger partial charge in [0.2, 0.25) is 0 Å². The molecule has 4 heterocycles. The summed E-state index contributed by atoms with van der Waals surface area (Å²) in [6, 6.07) is 10.2. The maximum atomic E-state index is 12.8. The van der Waals surface area contributed by atoms with Crippen molar-refractivity contribution in [2.24, 2.45) is 13.0 Å².